The zero-order chi connectivity index (χ0) is 15.7. The maximum Gasteiger partial charge on any atom is 0.263 e. The summed E-state index contributed by atoms with van der Waals surface area (Å²) in [6.07, 6.45) is 1.36. The van der Waals surface area contributed by atoms with E-state index in [1.807, 2.05) is 18.2 Å². The monoisotopic (exact) mass is 313 g/mol. The Hall–Kier alpha value is -2.93. The van der Waals surface area contributed by atoms with Crippen molar-refractivity contribution in [3.05, 3.63) is 47.7 Å². The Balaban J connectivity index is 1.93. The summed E-state index contributed by atoms with van der Waals surface area (Å²) in [6.45, 7) is 0. The molecule has 0 bridgehead atoms. The molecular weight excluding hydrogens is 302 g/mol. The van der Waals surface area contributed by atoms with Gasteiger partial charge in [0.2, 0.25) is 0 Å². The summed E-state index contributed by atoms with van der Waals surface area (Å²) in [5.74, 6) is -0.208. The minimum absolute atomic E-state index is 0.00987. The first-order valence-electron chi connectivity index (χ1n) is 6.37. The van der Waals surface area contributed by atoms with Crippen LogP contribution in [0.15, 0.2) is 46.4 Å². The number of rotatable bonds is 2. The second kappa shape index (κ2) is 5.45. The molecule has 2 heterocycles. The Morgan fingerprint density at radius 2 is 1.73 bits per heavy atom. The van der Waals surface area contributed by atoms with Crippen molar-refractivity contribution >= 4 is 40.9 Å². The van der Waals surface area contributed by atoms with Crippen LogP contribution in [0.2, 0.25) is 0 Å². The van der Waals surface area contributed by atoms with Gasteiger partial charge in [0.1, 0.15) is 17.1 Å². The Morgan fingerprint density at radius 1 is 1.05 bits per heavy atom. The molecule has 2 amide bonds. The minimum Gasteiger partial charge on any atom is -0.457 e. The zero-order valence-corrected chi connectivity index (χ0v) is 12.1. The number of hydrogen-bond acceptors (Lipinski definition) is 5. The summed E-state index contributed by atoms with van der Waals surface area (Å²) in [4.78, 5) is 23.5. The second-order valence-corrected chi connectivity index (χ2v) is 4.99. The molecule has 1 aliphatic rings. The molecule has 6 nitrogen and oxygen atoms in total. The van der Waals surface area contributed by atoms with Crippen LogP contribution in [0, 0.1) is 0 Å². The van der Waals surface area contributed by atoms with Gasteiger partial charge in [-0.05, 0) is 42.6 Å². The lowest BCUT2D eigenvalue weighted by Gasteiger charge is -2.15. The SMILES string of the molecule is Nc1ccccc1-c1ccc(C=C2C(=O)NC(=S)NC2=O)o1. The van der Waals surface area contributed by atoms with E-state index in [1.165, 1.54) is 6.08 Å². The van der Waals surface area contributed by atoms with Crippen molar-refractivity contribution in [3.63, 3.8) is 0 Å². The highest BCUT2D eigenvalue weighted by Gasteiger charge is 2.26. The molecule has 1 aromatic carbocycles. The lowest BCUT2D eigenvalue weighted by Crippen LogP contribution is -2.51. The lowest BCUT2D eigenvalue weighted by atomic mass is 10.1. The average Bonchev–Trinajstić information content (AvgIpc) is 2.92. The normalized spacial score (nSPS) is 14.5. The number of benzene rings is 1. The van der Waals surface area contributed by atoms with Gasteiger partial charge in [0.05, 0.1) is 0 Å². The summed E-state index contributed by atoms with van der Waals surface area (Å²) in [5, 5.41) is 4.71. The topological polar surface area (TPSA) is 97.4 Å². The summed E-state index contributed by atoms with van der Waals surface area (Å²) in [5.41, 5.74) is 7.13. The molecule has 1 aromatic heterocycles. The van der Waals surface area contributed by atoms with Crippen molar-refractivity contribution in [2.45, 2.75) is 0 Å². The van der Waals surface area contributed by atoms with Crippen molar-refractivity contribution in [3.8, 4) is 11.3 Å². The molecule has 1 saturated heterocycles. The number of furan rings is 1. The van der Waals surface area contributed by atoms with E-state index in [1.54, 1.807) is 18.2 Å². The highest BCUT2D eigenvalue weighted by Crippen LogP contribution is 2.28. The van der Waals surface area contributed by atoms with E-state index in [4.69, 9.17) is 22.4 Å². The standard InChI is InChI=1S/C15H11N3O3S/c16-11-4-2-1-3-9(11)12-6-5-8(21-12)7-10-13(19)17-15(22)18-14(10)20/h1-7H,16H2,(H2,17,18,19,20,22). The highest BCUT2D eigenvalue weighted by atomic mass is 32.1. The van der Waals surface area contributed by atoms with Gasteiger partial charge in [-0.1, -0.05) is 12.1 Å². The Labute approximate surface area is 131 Å². The van der Waals surface area contributed by atoms with Gasteiger partial charge in [-0.25, -0.2) is 0 Å². The number of para-hydroxylation sites is 1. The molecular formula is C15H11N3O3S. The molecule has 0 saturated carbocycles. The molecule has 1 fully saturated rings. The van der Waals surface area contributed by atoms with Gasteiger partial charge in [-0.15, -0.1) is 0 Å². The Kier molecular flexibility index (Phi) is 3.48. The van der Waals surface area contributed by atoms with E-state index in [9.17, 15) is 9.59 Å². The summed E-state index contributed by atoms with van der Waals surface area (Å²) < 4.78 is 5.63. The Morgan fingerprint density at radius 3 is 2.41 bits per heavy atom. The molecule has 0 aliphatic carbocycles. The fraction of sp³-hybridized carbons (Fsp3) is 0. The number of carbonyl (C=O) groups excluding carboxylic acids is 2. The van der Waals surface area contributed by atoms with Gasteiger partial charge in [-0.2, -0.15) is 0 Å². The number of nitrogens with two attached hydrogens (primary N) is 1. The Bertz CT molecular complexity index is 801. The maximum absolute atomic E-state index is 11.8. The van der Waals surface area contributed by atoms with Crippen molar-refractivity contribution in [1.29, 1.82) is 0 Å². The van der Waals surface area contributed by atoms with E-state index in [0.29, 0.717) is 17.2 Å². The molecule has 7 heteroatoms. The predicted octanol–water partition coefficient (Wildman–Crippen LogP) is 1.44. The third-order valence-corrected chi connectivity index (χ3v) is 3.29. The lowest BCUT2D eigenvalue weighted by molar-refractivity contribution is -0.123. The van der Waals surface area contributed by atoms with Crippen LogP contribution >= 0.6 is 12.2 Å². The summed E-state index contributed by atoms with van der Waals surface area (Å²) >= 11 is 4.73. The van der Waals surface area contributed by atoms with Crippen LogP contribution in [0.25, 0.3) is 17.4 Å². The molecule has 4 N–H and O–H groups in total. The van der Waals surface area contributed by atoms with Crippen LogP contribution in [0.4, 0.5) is 5.69 Å². The number of carbonyl (C=O) groups is 2. The predicted molar refractivity (Wildman–Crippen MR) is 85.4 cm³/mol. The number of nitrogens with one attached hydrogen (secondary N) is 2. The van der Waals surface area contributed by atoms with Gasteiger partial charge < -0.3 is 10.2 Å². The van der Waals surface area contributed by atoms with Crippen LogP contribution in [0.3, 0.4) is 0 Å². The van der Waals surface area contributed by atoms with Crippen molar-refractivity contribution in [2.24, 2.45) is 0 Å². The summed E-state index contributed by atoms with van der Waals surface area (Å²) in [6, 6.07) is 10.6. The van der Waals surface area contributed by atoms with E-state index < -0.39 is 11.8 Å². The first kappa shape index (κ1) is 14.0. The number of thiocarbonyl (C=S) groups is 1. The van der Waals surface area contributed by atoms with E-state index in [0.717, 1.165) is 5.56 Å². The molecule has 0 spiro atoms. The molecule has 0 unspecified atom stereocenters. The highest BCUT2D eigenvalue weighted by molar-refractivity contribution is 7.80. The quantitative estimate of drug-likeness (QED) is 0.337. The molecule has 0 atom stereocenters. The van der Waals surface area contributed by atoms with Crippen molar-refractivity contribution in [1.82, 2.24) is 10.6 Å². The largest absolute Gasteiger partial charge is 0.457 e. The van der Waals surface area contributed by atoms with Crippen LogP contribution in [-0.2, 0) is 9.59 Å². The van der Waals surface area contributed by atoms with Crippen molar-refractivity contribution < 1.29 is 14.0 Å². The molecule has 110 valence electrons. The smallest absolute Gasteiger partial charge is 0.263 e. The van der Waals surface area contributed by atoms with E-state index in [-0.39, 0.29) is 10.7 Å². The molecule has 22 heavy (non-hydrogen) atoms. The summed E-state index contributed by atoms with van der Waals surface area (Å²) in [7, 11) is 0. The van der Waals surface area contributed by atoms with Crippen LogP contribution in [0.1, 0.15) is 5.76 Å². The molecule has 1 aliphatic heterocycles. The number of nitrogen functional groups attached to an aromatic ring is 1. The van der Waals surface area contributed by atoms with Crippen LogP contribution < -0.4 is 16.4 Å². The van der Waals surface area contributed by atoms with Gasteiger partial charge in [-0.3, -0.25) is 20.2 Å². The van der Waals surface area contributed by atoms with Gasteiger partial charge in [0, 0.05) is 11.3 Å². The van der Waals surface area contributed by atoms with E-state index >= 15 is 0 Å². The van der Waals surface area contributed by atoms with E-state index in [2.05, 4.69) is 10.6 Å². The molecule has 2 aromatic rings. The number of amides is 2. The first-order chi connectivity index (χ1) is 10.5. The van der Waals surface area contributed by atoms with Crippen LogP contribution in [0.5, 0.6) is 0 Å². The van der Waals surface area contributed by atoms with Crippen molar-refractivity contribution in [2.75, 3.05) is 5.73 Å². The molecule has 0 radical (unpaired) electrons. The van der Waals surface area contributed by atoms with Gasteiger partial charge >= 0.3 is 0 Å². The zero-order valence-electron chi connectivity index (χ0n) is 11.3. The average molecular weight is 313 g/mol. The van der Waals surface area contributed by atoms with Crippen LogP contribution in [-0.4, -0.2) is 16.9 Å². The van der Waals surface area contributed by atoms with Gasteiger partial charge in [0.15, 0.2) is 5.11 Å². The first-order valence-corrected chi connectivity index (χ1v) is 6.78. The minimum atomic E-state index is -0.564. The fourth-order valence-corrected chi connectivity index (χ4v) is 2.23. The third-order valence-electron chi connectivity index (χ3n) is 3.08. The third kappa shape index (κ3) is 2.61. The maximum atomic E-state index is 11.8. The molecule has 3 rings (SSSR count). The fourth-order valence-electron chi connectivity index (χ4n) is 2.05. The number of hydrogen-bond donors (Lipinski definition) is 3. The number of anilines is 1. The second-order valence-electron chi connectivity index (χ2n) is 4.58. The van der Waals surface area contributed by atoms with Gasteiger partial charge in [0.25, 0.3) is 11.8 Å².